The number of rotatable bonds is 15. The van der Waals surface area contributed by atoms with Crippen molar-refractivity contribution in [3.8, 4) is 0 Å². The highest BCUT2D eigenvalue weighted by molar-refractivity contribution is 5.87. The lowest BCUT2D eigenvalue weighted by Crippen LogP contribution is -2.51. The van der Waals surface area contributed by atoms with Crippen LogP contribution in [0, 0.1) is 15.5 Å². The molecule has 2 aromatic rings. The maximum Gasteiger partial charge on any atom is 0.326 e. The van der Waals surface area contributed by atoms with E-state index in [0.717, 1.165) is 18.4 Å². The van der Waals surface area contributed by atoms with Crippen LogP contribution < -0.4 is 16.4 Å². The van der Waals surface area contributed by atoms with Crippen molar-refractivity contribution in [1.29, 1.82) is 5.41 Å². The molecule has 0 saturated heterocycles. The molecule has 11 nitrogen and oxygen atoms in total. The molecular formula is C24H32N6O5. The van der Waals surface area contributed by atoms with E-state index >= 15 is 0 Å². The molecule has 2 atom stereocenters. The van der Waals surface area contributed by atoms with Crippen molar-refractivity contribution < 1.29 is 19.7 Å². The number of carboxylic acids is 1. The summed E-state index contributed by atoms with van der Waals surface area (Å²) in [5.74, 6) is -2.44. The highest BCUT2D eigenvalue weighted by Crippen LogP contribution is 2.07. The van der Waals surface area contributed by atoms with E-state index in [-0.39, 0.29) is 19.4 Å². The van der Waals surface area contributed by atoms with Gasteiger partial charge in [0.15, 0.2) is 5.03 Å². The van der Waals surface area contributed by atoms with Gasteiger partial charge < -0.3 is 21.5 Å². The van der Waals surface area contributed by atoms with Gasteiger partial charge in [0, 0.05) is 0 Å². The highest BCUT2D eigenvalue weighted by Gasteiger charge is 2.26. The third kappa shape index (κ3) is 9.80. The zero-order valence-corrected chi connectivity index (χ0v) is 19.4. The standard InChI is InChI=1S/C24H32N6O5/c25-24(26)29(30(34)35)16-8-14-20(23(32)33)28-22(31)21(17-19-11-5-2-6-12-19)27-15-7-13-18-9-3-1-4-10-18/h1-6,9-12,20-21,27H,7-8,13-17H2,(H3,25,26)(H,28,31)(H,32,33). The van der Waals surface area contributed by atoms with Crippen molar-refractivity contribution in [3.05, 3.63) is 81.9 Å². The predicted molar refractivity (Wildman–Crippen MR) is 131 cm³/mol. The van der Waals surface area contributed by atoms with Gasteiger partial charge in [-0.3, -0.25) is 10.2 Å². The highest BCUT2D eigenvalue weighted by atomic mass is 16.7. The van der Waals surface area contributed by atoms with Crippen molar-refractivity contribution in [2.75, 3.05) is 13.1 Å². The van der Waals surface area contributed by atoms with Crippen molar-refractivity contribution in [3.63, 3.8) is 0 Å². The lowest BCUT2D eigenvalue weighted by atomic mass is 10.0. The molecule has 0 heterocycles. The monoisotopic (exact) mass is 484 g/mol. The summed E-state index contributed by atoms with van der Waals surface area (Å²) in [7, 11) is 0. The molecule has 0 aliphatic heterocycles. The topological polar surface area (TPSA) is 175 Å². The molecule has 0 aromatic heterocycles. The van der Waals surface area contributed by atoms with E-state index in [4.69, 9.17) is 11.1 Å². The molecule has 188 valence electrons. The normalized spacial score (nSPS) is 12.3. The molecule has 0 fully saturated rings. The van der Waals surface area contributed by atoms with Crippen LogP contribution in [0.25, 0.3) is 0 Å². The summed E-state index contributed by atoms with van der Waals surface area (Å²) in [6.07, 6.45) is 2.02. The first kappa shape index (κ1) is 27.3. The lowest BCUT2D eigenvalue weighted by Gasteiger charge is -2.22. The van der Waals surface area contributed by atoms with Gasteiger partial charge in [0.25, 0.3) is 5.96 Å². The number of carbonyl (C=O) groups excluding carboxylic acids is 1. The maximum atomic E-state index is 13.0. The van der Waals surface area contributed by atoms with Gasteiger partial charge in [-0.1, -0.05) is 65.7 Å². The number of nitrogens with one attached hydrogen (secondary N) is 3. The number of hydrogen-bond acceptors (Lipinski definition) is 6. The Hall–Kier alpha value is -3.99. The summed E-state index contributed by atoms with van der Waals surface area (Å²) in [6, 6.07) is 17.5. The Kier molecular flexibility index (Phi) is 11.1. The van der Waals surface area contributed by atoms with Gasteiger partial charge in [0.05, 0.1) is 12.6 Å². The molecule has 1 amide bonds. The number of amides is 1. The number of hydrogen-bond donors (Lipinski definition) is 5. The van der Waals surface area contributed by atoms with Crippen LogP contribution in [0.15, 0.2) is 60.7 Å². The number of aryl methyl sites for hydroxylation is 1. The molecule has 35 heavy (non-hydrogen) atoms. The van der Waals surface area contributed by atoms with Crippen molar-refractivity contribution in [1.82, 2.24) is 15.6 Å². The molecule has 0 bridgehead atoms. The Bertz CT molecular complexity index is 959. The number of nitro groups is 1. The minimum atomic E-state index is -1.24. The lowest BCUT2D eigenvalue weighted by molar-refractivity contribution is -0.629. The first-order chi connectivity index (χ1) is 16.8. The van der Waals surface area contributed by atoms with E-state index in [1.807, 2.05) is 60.7 Å². The Labute approximate surface area is 203 Å². The second kappa shape index (κ2) is 14.3. The number of hydrazine groups is 1. The molecule has 0 spiro atoms. The second-order valence-electron chi connectivity index (χ2n) is 8.07. The molecule has 2 aromatic carbocycles. The number of guanidine groups is 1. The Balaban J connectivity index is 1.97. The summed E-state index contributed by atoms with van der Waals surface area (Å²) >= 11 is 0. The number of aliphatic carboxylic acids is 1. The van der Waals surface area contributed by atoms with Crippen LogP contribution in [0.1, 0.15) is 30.4 Å². The third-order valence-electron chi connectivity index (χ3n) is 5.43. The zero-order valence-electron chi connectivity index (χ0n) is 19.4. The van der Waals surface area contributed by atoms with Gasteiger partial charge in [-0.25, -0.2) is 14.9 Å². The van der Waals surface area contributed by atoms with E-state index in [0.29, 0.717) is 18.0 Å². The number of nitrogens with zero attached hydrogens (tertiary/aromatic N) is 2. The molecule has 11 heteroatoms. The van der Waals surface area contributed by atoms with Crippen LogP contribution in [-0.2, 0) is 22.4 Å². The van der Waals surface area contributed by atoms with Crippen LogP contribution in [0.5, 0.6) is 0 Å². The molecule has 0 aliphatic rings. The number of carboxylic acid groups (broad SMARTS) is 1. The van der Waals surface area contributed by atoms with E-state index in [1.165, 1.54) is 5.56 Å². The quantitative estimate of drug-likeness (QED) is 0.0832. The maximum absolute atomic E-state index is 13.0. The fourth-order valence-electron chi connectivity index (χ4n) is 3.59. The Morgan fingerprint density at radius 1 is 1.03 bits per heavy atom. The van der Waals surface area contributed by atoms with Gasteiger partial charge >= 0.3 is 5.97 Å². The second-order valence-corrected chi connectivity index (χ2v) is 8.07. The SMILES string of the molecule is N=C(N)N(CCCC(NC(=O)C(Cc1ccccc1)NCCCc1ccccc1)C(=O)O)[N+](=O)[O-]. The van der Waals surface area contributed by atoms with E-state index in [9.17, 15) is 24.8 Å². The first-order valence-electron chi connectivity index (χ1n) is 11.4. The summed E-state index contributed by atoms with van der Waals surface area (Å²) in [5, 5.41) is 33.1. The summed E-state index contributed by atoms with van der Waals surface area (Å²) < 4.78 is 0. The van der Waals surface area contributed by atoms with Crippen LogP contribution in [-0.4, -0.2) is 58.2 Å². The number of carbonyl (C=O) groups is 2. The van der Waals surface area contributed by atoms with Crippen LogP contribution in [0.2, 0.25) is 0 Å². The van der Waals surface area contributed by atoms with Crippen LogP contribution >= 0.6 is 0 Å². The summed E-state index contributed by atoms with van der Waals surface area (Å²) in [4.78, 5) is 35.7. The number of nitrogens with two attached hydrogens (primary N) is 1. The molecule has 0 aliphatic carbocycles. The van der Waals surface area contributed by atoms with Crippen molar-refractivity contribution >= 4 is 17.8 Å². The molecule has 0 radical (unpaired) electrons. The fourth-order valence-corrected chi connectivity index (χ4v) is 3.59. The molecule has 6 N–H and O–H groups in total. The fraction of sp³-hybridized carbons (Fsp3) is 0.375. The van der Waals surface area contributed by atoms with Crippen molar-refractivity contribution in [2.45, 2.75) is 44.2 Å². The van der Waals surface area contributed by atoms with Gasteiger partial charge in [-0.05, 0) is 49.8 Å². The molecule has 2 unspecified atom stereocenters. The van der Waals surface area contributed by atoms with Gasteiger partial charge in [-0.2, -0.15) is 0 Å². The predicted octanol–water partition coefficient (Wildman–Crippen LogP) is 1.56. The summed E-state index contributed by atoms with van der Waals surface area (Å²) in [5.41, 5.74) is 7.30. The number of benzene rings is 2. The minimum absolute atomic E-state index is 0.0473. The van der Waals surface area contributed by atoms with Crippen LogP contribution in [0.3, 0.4) is 0 Å². The third-order valence-corrected chi connectivity index (χ3v) is 5.43. The molecule has 2 rings (SSSR count). The first-order valence-corrected chi connectivity index (χ1v) is 11.4. The van der Waals surface area contributed by atoms with Gasteiger partial charge in [0.1, 0.15) is 6.04 Å². The van der Waals surface area contributed by atoms with E-state index in [1.54, 1.807) is 0 Å². The smallest absolute Gasteiger partial charge is 0.326 e. The Morgan fingerprint density at radius 2 is 1.63 bits per heavy atom. The van der Waals surface area contributed by atoms with E-state index in [2.05, 4.69) is 10.6 Å². The largest absolute Gasteiger partial charge is 0.480 e. The van der Waals surface area contributed by atoms with Crippen LogP contribution in [0.4, 0.5) is 0 Å². The molecule has 0 saturated carbocycles. The van der Waals surface area contributed by atoms with E-state index < -0.39 is 35.0 Å². The van der Waals surface area contributed by atoms with Gasteiger partial charge in [0.2, 0.25) is 5.91 Å². The average molecular weight is 485 g/mol. The summed E-state index contributed by atoms with van der Waals surface area (Å²) in [6.45, 7) is 0.321. The molecular weight excluding hydrogens is 452 g/mol. The Morgan fingerprint density at radius 3 is 2.17 bits per heavy atom. The van der Waals surface area contributed by atoms with Crippen molar-refractivity contribution in [2.24, 2.45) is 5.73 Å². The zero-order chi connectivity index (χ0) is 25.6. The van der Waals surface area contributed by atoms with Gasteiger partial charge in [-0.15, -0.1) is 0 Å². The minimum Gasteiger partial charge on any atom is -0.480 e. The average Bonchev–Trinajstić information content (AvgIpc) is 2.83.